The van der Waals surface area contributed by atoms with Gasteiger partial charge in [0.05, 0.1) is 16.6 Å². The monoisotopic (exact) mass is 347 g/mol. The van der Waals surface area contributed by atoms with Crippen LogP contribution in [0.2, 0.25) is 0 Å². The molecule has 0 radical (unpaired) electrons. The van der Waals surface area contributed by atoms with Crippen LogP contribution in [-0.4, -0.2) is 40.0 Å². The number of likely N-dealkylation sites (tertiary alicyclic amines) is 1. The van der Waals surface area contributed by atoms with E-state index in [0.29, 0.717) is 24.5 Å². The van der Waals surface area contributed by atoms with E-state index in [1.807, 2.05) is 12.1 Å². The van der Waals surface area contributed by atoms with Crippen LogP contribution in [0.5, 0.6) is 5.88 Å². The van der Waals surface area contributed by atoms with E-state index in [9.17, 15) is 4.79 Å². The highest BCUT2D eigenvalue weighted by Crippen LogP contribution is 2.24. The van der Waals surface area contributed by atoms with Gasteiger partial charge in [-0.1, -0.05) is 0 Å². The van der Waals surface area contributed by atoms with Crippen LogP contribution < -0.4 is 4.74 Å². The van der Waals surface area contributed by atoms with Crippen LogP contribution >= 0.6 is 15.9 Å². The van der Waals surface area contributed by atoms with Crippen molar-refractivity contribution in [2.24, 2.45) is 0 Å². The average molecular weight is 348 g/mol. The zero-order chi connectivity index (χ0) is 14.7. The van der Waals surface area contributed by atoms with Crippen molar-refractivity contribution in [2.45, 2.75) is 12.5 Å². The molecule has 6 heteroatoms. The summed E-state index contributed by atoms with van der Waals surface area (Å²) in [5, 5.41) is 0. The van der Waals surface area contributed by atoms with Crippen molar-refractivity contribution in [3.05, 3.63) is 52.9 Å². The lowest BCUT2D eigenvalue weighted by Crippen LogP contribution is -2.31. The standard InChI is InChI=1S/C15H14BrN3O2/c16-13-4-2-7-18-14(13)21-12-5-8-19(10-12)15(20)11-3-1-6-17-9-11/h1-4,6-7,9,12H,5,8,10H2. The lowest BCUT2D eigenvalue weighted by molar-refractivity contribution is 0.0770. The van der Waals surface area contributed by atoms with Crippen LogP contribution in [0.4, 0.5) is 0 Å². The number of ether oxygens (including phenoxy) is 1. The maximum Gasteiger partial charge on any atom is 0.255 e. The van der Waals surface area contributed by atoms with Crippen LogP contribution in [0.3, 0.4) is 0 Å². The number of halogens is 1. The summed E-state index contributed by atoms with van der Waals surface area (Å²) in [5.41, 5.74) is 0.608. The zero-order valence-corrected chi connectivity index (χ0v) is 12.9. The maximum atomic E-state index is 12.3. The number of carbonyl (C=O) groups excluding carboxylic acids is 1. The Hall–Kier alpha value is -1.95. The summed E-state index contributed by atoms with van der Waals surface area (Å²) < 4.78 is 6.68. The molecule has 1 aliphatic heterocycles. The van der Waals surface area contributed by atoms with E-state index in [4.69, 9.17) is 4.74 Å². The molecule has 1 unspecified atom stereocenters. The summed E-state index contributed by atoms with van der Waals surface area (Å²) in [4.78, 5) is 22.3. The first-order valence-corrected chi connectivity index (χ1v) is 7.50. The van der Waals surface area contributed by atoms with Gasteiger partial charge in [-0.15, -0.1) is 0 Å². The van der Waals surface area contributed by atoms with Crippen molar-refractivity contribution in [1.82, 2.24) is 14.9 Å². The molecule has 108 valence electrons. The van der Waals surface area contributed by atoms with Gasteiger partial charge in [0, 0.05) is 31.6 Å². The van der Waals surface area contributed by atoms with E-state index in [2.05, 4.69) is 25.9 Å². The Kier molecular flexibility index (Phi) is 4.15. The highest BCUT2D eigenvalue weighted by molar-refractivity contribution is 9.10. The number of hydrogen-bond acceptors (Lipinski definition) is 4. The van der Waals surface area contributed by atoms with Gasteiger partial charge < -0.3 is 9.64 Å². The summed E-state index contributed by atoms with van der Waals surface area (Å²) in [5.74, 6) is 0.562. The minimum absolute atomic E-state index is 0.00529. The van der Waals surface area contributed by atoms with Gasteiger partial charge in [-0.05, 0) is 40.2 Å². The number of nitrogens with zero attached hydrogens (tertiary/aromatic N) is 3. The van der Waals surface area contributed by atoms with Gasteiger partial charge in [0.1, 0.15) is 6.10 Å². The van der Waals surface area contributed by atoms with Crippen LogP contribution in [-0.2, 0) is 0 Å². The first-order valence-electron chi connectivity index (χ1n) is 6.70. The van der Waals surface area contributed by atoms with E-state index >= 15 is 0 Å². The summed E-state index contributed by atoms with van der Waals surface area (Å²) in [6.45, 7) is 1.25. The molecule has 0 saturated carbocycles. The molecule has 1 aliphatic rings. The molecule has 0 aliphatic carbocycles. The molecule has 3 heterocycles. The average Bonchev–Trinajstić information content (AvgIpc) is 2.98. The highest BCUT2D eigenvalue weighted by Gasteiger charge is 2.28. The number of pyridine rings is 2. The molecule has 1 saturated heterocycles. The normalized spacial score (nSPS) is 17.8. The van der Waals surface area contributed by atoms with Gasteiger partial charge in [-0.3, -0.25) is 9.78 Å². The lowest BCUT2D eigenvalue weighted by atomic mass is 10.2. The van der Waals surface area contributed by atoms with Gasteiger partial charge in [0.2, 0.25) is 5.88 Å². The minimum atomic E-state index is -0.0307. The van der Waals surface area contributed by atoms with Gasteiger partial charge in [-0.25, -0.2) is 4.98 Å². The molecule has 1 amide bonds. The molecule has 5 nitrogen and oxygen atoms in total. The third-order valence-corrected chi connectivity index (χ3v) is 3.95. The Morgan fingerprint density at radius 1 is 1.33 bits per heavy atom. The van der Waals surface area contributed by atoms with Gasteiger partial charge in [-0.2, -0.15) is 0 Å². The quantitative estimate of drug-likeness (QED) is 0.855. The molecule has 0 N–H and O–H groups in total. The second kappa shape index (κ2) is 6.22. The fourth-order valence-corrected chi connectivity index (χ4v) is 2.64. The Balaban J connectivity index is 1.63. The number of carbonyl (C=O) groups is 1. The molecule has 2 aromatic rings. The Bertz CT molecular complexity index is 636. The Morgan fingerprint density at radius 2 is 2.19 bits per heavy atom. The molecular weight excluding hydrogens is 334 g/mol. The Labute approximate surface area is 131 Å². The molecule has 0 bridgehead atoms. The largest absolute Gasteiger partial charge is 0.472 e. The smallest absolute Gasteiger partial charge is 0.255 e. The highest BCUT2D eigenvalue weighted by atomic mass is 79.9. The van der Waals surface area contributed by atoms with Crippen molar-refractivity contribution in [1.29, 1.82) is 0 Å². The SMILES string of the molecule is O=C(c1cccnc1)N1CCC(Oc2ncccc2Br)C1. The minimum Gasteiger partial charge on any atom is -0.472 e. The number of rotatable bonds is 3. The number of hydrogen-bond donors (Lipinski definition) is 0. The van der Waals surface area contributed by atoms with Crippen molar-refractivity contribution in [3.8, 4) is 5.88 Å². The van der Waals surface area contributed by atoms with E-state index in [1.165, 1.54) is 0 Å². The number of amides is 1. The van der Waals surface area contributed by atoms with Crippen molar-refractivity contribution in [2.75, 3.05) is 13.1 Å². The molecule has 2 aromatic heterocycles. The van der Waals surface area contributed by atoms with Crippen LogP contribution in [0.25, 0.3) is 0 Å². The van der Waals surface area contributed by atoms with Crippen LogP contribution in [0.15, 0.2) is 47.3 Å². The van der Waals surface area contributed by atoms with Crippen molar-refractivity contribution < 1.29 is 9.53 Å². The predicted octanol–water partition coefficient (Wildman–Crippen LogP) is 2.53. The van der Waals surface area contributed by atoms with E-state index < -0.39 is 0 Å². The molecule has 0 spiro atoms. The van der Waals surface area contributed by atoms with E-state index in [-0.39, 0.29) is 12.0 Å². The number of aromatic nitrogens is 2. The molecule has 3 rings (SSSR count). The Morgan fingerprint density at radius 3 is 2.95 bits per heavy atom. The molecule has 1 atom stereocenters. The van der Waals surface area contributed by atoms with Crippen LogP contribution in [0, 0.1) is 0 Å². The van der Waals surface area contributed by atoms with Crippen LogP contribution in [0.1, 0.15) is 16.8 Å². The zero-order valence-electron chi connectivity index (χ0n) is 11.3. The van der Waals surface area contributed by atoms with E-state index in [1.54, 1.807) is 35.6 Å². The second-order valence-corrected chi connectivity index (χ2v) is 5.67. The maximum absolute atomic E-state index is 12.3. The van der Waals surface area contributed by atoms with Gasteiger partial charge in [0.15, 0.2) is 0 Å². The predicted molar refractivity (Wildman–Crippen MR) is 81.1 cm³/mol. The summed E-state index contributed by atoms with van der Waals surface area (Å²) in [6.07, 6.45) is 5.71. The topological polar surface area (TPSA) is 55.3 Å². The third-order valence-electron chi connectivity index (χ3n) is 3.34. The van der Waals surface area contributed by atoms with Gasteiger partial charge in [0.25, 0.3) is 5.91 Å². The molecule has 1 fully saturated rings. The molecular formula is C15H14BrN3O2. The third kappa shape index (κ3) is 3.21. The fraction of sp³-hybridized carbons (Fsp3) is 0.267. The second-order valence-electron chi connectivity index (χ2n) is 4.81. The molecule has 21 heavy (non-hydrogen) atoms. The van der Waals surface area contributed by atoms with E-state index in [0.717, 1.165) is 10.9 Å². The fourth-order valence-electron chi connectivity index (χ4n) is 2.30. The first-order chi connectivity index (χ1) is 10.2. The first kappa shape index (κ1) is 14.0. The summed E-state index contributed by atoms with van der Waals surface area (Å²) in [7, 11) is 0. The van der Waals surface area contributed by atoms with Gasteiger partial charge >= 0.3 is 0 Å². The lowest BCUT2D eigenvalue weighted by Gasteiger charge is -2.17. The summed E-state index contributed by atoms with van der Waals surface area (Å²) >= 11 is 3.41. The summed E-state index contributed by atoms with van der Waals surface area (Å²) in [6, 6.07) is 7.26. The van der Waals surface area contributed by atoms with Crippen molar-refractivity contribution in [3.63, 3.8) is 0 Å². The van der Waals surface area contributed by atoms with Crippen molar-refractivity contribution >= 4 is 21.8 Å². The molecule has 0 aromatic carbocycles.